The monoisotopic (exact) mass is 577 g/mol. The minimum absolute atomic E-state index is 0.197. The van der Waals surface area contributed by atoms with Gasteiger partial charge in [-0.1, -0.05) is 103 Å². The molecule has 0 fully saturated rings. The summed E-state index contributed by atoms with van der Waals surface area (Å²) in [5.74, 6) is 0.197. The predicted molar refractivity (Wildman–Crippen MR) is 184 cm³/mol. The lowest BCUT2D eigenvalue weighted by atomic mass is 9.94. The van der Waals surface area contributed by atoms with Gasteiger partial charge in [-0.3, -0.25) is 0 Å². The maximum atomic E-state index is 11.2. The quantitative estimate of drug-likeness (QED) is 0.221. The van der Waals surface area contributed by atoms with Crippen LogP contribution in [0.5, 0.6) is 5.75 Å². The van der Waals surface area contributed by atoms with E-state index in [-0.39, 0.29) is 5.75 Å². The van der Waals surface area contributed by atoms with Crippen LogP contribution >= 0.6 is 0 Å². The Morgan fingerprint density at radius 2 is 0.889 bits per heavy atom. The summed E-state index contributed by atoms with van der Waals surface area (Å²) >= 11 is 0. The molecule has 212 valence electrons. The second kappa shape index (κ2) is 11.2. The zero-order valence-corrected chi connectivity index (χ0v) is 24.3. The van der Waals surface area contributed by atoms with Crippen molar-refractivity contribution in [3.8, 4) is 61.8 Å². The average Bonchev–Trinajstić information content (AvgIpc) is 3.11. The third-order valence-corrected chi connectivity index (χ3v) is 8.20. The molecule has 0 unspecified atom stereocenters. The number of pyridine rings is 1. The number of nitrogens with zero attached hydrogens (tertiary/aromatic N) is 3. The standard InChI is InChI=1S/C41H27N3O/c45-41-26-30-16-8-7-15-29(30)22-36(41)40-25-33(28-13-5-2-6-14-28)24-38(42-40)34-19-32(27-11-3-1-4-12-27)20-35(21-34)39-23-31-17-9-10-18-37(31)43-44-39/h1-26,45H. The lowest BCUT2D eigenvalue weighted by Gasteiger charge is -2.14. The van der Waals surface area contributed by atoms with E-state index in [1.54, 1.807) is 0 Å². The van der Waals surface area contributed by atoms with Crippen LogP contribution in [0.4, 0.5) is 0 Å². The number of rotatable bonds is 5. The maximum absolute atomic E-state index is 11.2. The number of fused-ring (bicyclic) bond motifs is 2. The number of aromatic hydroxyl groups is 1. The molecule has 6 aromatic carbocycles. The van der Waals surface area contributed by atoms with Gasteiger partial charge in [0.1, 0.15) is 5.75 Å². The van der Waals surface area contributed by atoms with Crippen LogP contribution < -0.4 is 0 Å². The van der Waals surface area contributed by atoms with Gasteiger partial charge in [-0.15, -0.1) is 10.2 Å². The topological polar surface area (TPSA) is 58.9 Å². The Kier molecular flexibility index (Phi) is 6.58. The highest BCUT2D eigenvalue weighted by atomic mass is 16.3. The molecule has 0 spiro atoms. The van der Waals surface area contributed by atoms with Gasteiger partial charge in [-0.25, -0.2) is 4.98 Å². The van der Waals surface area contributed by atoms with Gasteiger partial charge < -0.3 is 5.11 Å². The highest BCUT2D eigenvalue weighted by Gasteiger charge is 2.15. The van der Waals surface area contributed by atoms with E-state index in [0.717, 1.165) is 66.4 Å². The Hall–Kier alpha value is -6.13. The maximum Gasteiger partial charge on any atom is 0.125 e. The summed E-state index contributed by atoms with van der Waals surface area (Å²) in [6, 6.07) is 53.3. The Morgan fingerprint density at radius 1 is 0.356 bits per heavy atom. The van der Waals surface area contributed by atoms with Gasteiger partial charge in [0.2, 0.25) is 0 Å². The molecular formula is C41H27N3O. The molecule has 0 aliphatic heterocycles. The van der Waals surface area contributed by atoms with E-state index in [0.29, 0.717) is 11.3 Å². The van der Waals surface area contributed by atoms with E-state index < -0.39 is 0 Å². The van der Waals surface area contributed by atoms with Crippen molar-refractivity contribution in [1.29, 1.82) is 0 Å². The van der Waals surface area contributed by atoms with Crippen LogP contribution in [0.15, 0.2) is 158 Å². The second-order valence-electron chi connectivity index (χ2n) is 11.2. The molecule has 45 heavy (non-hydrogen) atoms. The van der Waals surface area contributed by atoms with Crippen LogP contribution in [0.25, 0.3) is 77.7 Å². The molecule has 2 aromatic heterocycles. The lowest BCUT2D eigenvalue weighted by Crippen LogP contribution is -1.94. The van der Waals surface area contributed by atoms with Crippen molar-refractivity contribution in [3.05, 3.63) is 158 Å². The van der Waals surface area contributed by atoms with E-state index in [9.17, 15) is 5.11 Å². The minimum atomic E-state index is 0.197. The van der Waals surface area contributed by atoms with Crippen LogP contribution in [0.1, 0.15) is 0 Å². The Labute approximate surface area is 261 Å². The van der Waals surface area contributed by atoms with E-state index in [1.807, 2.05) is 84.9 Å². The van der Waals surface area contributed by atoms with E-state index in [1.165, 1.54) is 0 Å². The first-order chi connectivity index (χ1) is 22.2. The average molecular weight is 578 g/mol. The molecular weight excluding hydrogens is 550 g/mol. The number of phenols is 1. The van der Waals surface area contributed by atoms with E-state index in [2.05, 4.69) is 83.0 Å². The number of phenolic OH excluding ortho intramolecular Hbond substituents is 1. The summed E-state index contributed by atoms with van der Waals surface area (Å²) in [5, 5.41) is 23.4. The van der Waals surface area contributed by atoms with Crippen molar-refractivity contribution in [2.24, 2.45) is 0 Å². The lowest BCUT2D eigenvalue weighted by molar-refractivity contribution is 0.478. The SMILES string of the molecule is Oc1cc2ccccc2cc1-c1cc(-c2ccccc2)cc(-c2cc(-c3ccccc3)cc(-c3cc4ccccc4nn3)c2)n1. The first kappa shape index (κ1) is 26.5. The van der Waals surface area contributed by atoms with Gasteiger partial charge in [0.15, 0.2) is 0 Å². The number of hydrogen-bond acceptors (Lipinski definition) is 4. The van der Waals surface area contributed by atoms with Crippen molar-refractivity contribution in [2.75, 3.05) is 0 Å². The molecule has 1 N–H and O–H groups in total. The fourth-order valence-corrected chi connectivity index (χ4v) is 5.89. The van der Waals surface area contributed by atoms with Gasteiger partial charge >= 0.3 is 0 Å². The smallest absolute Gasteiger partial charge is 0.125 e. The van der Waals surface area contributed by atoms with Gasteiger partial charge in [0, 0.05) is 22.1 Å². The molecule has 0 bridgehead atoms. The molecule has 0 aliphatic carbocycles. The van der Waals surface area contributed by atoms with Crippen molar-refractivity contribution >= 4 is 21.7 Å². The third kappa shape index (κ3) is 5.19. The summed E-state index contributed by atoms with van der Waals surface area (Å²) in [4.78, 5) is 5.19. The fraction of sp³-hybridized carbons (Fsp3) is 0. The second-order valence-corrected chi connectivity index (χ2v) is 11.2. The van der Waals surface area contributed by atoms with Gasteiger partial charge in [0.25, 0.3) is 0 Å². The summed E-state index contributed by atoms with van der Waals surface area (Å²) in [6.07, 6.45) is 0. The van der Waals surface area contributed by atoms with Crippen LogP contribution in [0.2, 0.25) is 0 Å². The highest BCUT2D eigenvalue weighted by molar-refractivity contribution is 5.91. The Morgan fingerprint density at radius 3 is 1.60 bits per heavy atom. The molecule has 2 heterocycles. The molecule has 0 aliphatic rings. The van der Waals surface area contributed by atoms with Crippen molar-refractivity contribution in [1.82, 2.24) is 15.2 Å². The van der Waals surface area contributed by atoms with Crippen LogP contribution in [-0.4, -0.2) is 20.3 Å². The molecule has 4 nitrogen and oxygen atoms in total. The van der Waals surface area contributed by atoms with Crippen LogP contribution in [0, 0.1) is 0 Å². The molecule has 0 radical (unpaired) electrons. The van der Waals surface area contributed by atoms with Gasteiger partial charge in [0.05, 0.1) is 22.6 Å². The van der Waals surface area contributed by atoms with Gasteiger partial charge in [-0.05, 0) is 87.6 Å². The fourth-order valence-electron chi connectivity index (χ4n) is 5.89. The van der Waals surface area contributed by atoms with E-state index in [4.69, 9.17) is 4.98 Å². The summed E-state index contributed by atoms with van der Waals surface area (Å²) in [6.45, 7) is 0. The Bertz CT molecular complexity index is 2330. The van der Waals surface area contributed by atoms with Crippen LogP contribution in [-0.2, 0) is 0 Å². The normalized spacial score (nSPS) is 11.2. The summed E-state index contributed by atoms with van der Waals surface area (Å²) in [7, 11) is 0. The molecule has 4 heteroatoms. The van der Waals surface area contributed by atoms with Crippen molar-refractivity contribution in [3.63, 3.8) is 0 Å². The highest BCUT2D eigenvalue weighted by Crippen LogP contribution is 2.38. The van der Waals surface area contributed by atoms with Crippen LogP contribution in [0.3, 0.4) is 0 Å². The molecule has 0 atom stereocenters. The zero-order valence-electron chi connectivity index (χ0n) is 24.3. The third-order valence-electron chi connectivity index (χ3n) is 8.20. The van der Waals surface area contributed by atoms with Crippen molar-refractivity contribution in [2.45, 2.75) is 0 Å². The summed E-state index contributed by atoms with van der Waals surface area (Å²) < 4.78 is 0. The zero-order chi connectivity index (χ0) is 30.2. The predicted octanol–water partition coefficient (Wildman–Crippen LogP) is 10.2. The van der Waals surface area contributed by atoms with Gasteiger partial charge in [-0.2, -0.15) is 0 Å². The first-order valence-electron chi connectivity index (χ1n) is 14.9. The number of aromatic nitrogens is 3. The van der Waals surface area contributed by atoms with Crippen molar-refractivity contribution < 1.29 is 5.11 Å². The number of benzene rings is 6. The minimum Gasteiger partial charge on any atom is -0.507 e. The molecule has 0 saturated heterocycles. The molecule has 0 saturated carbocycles. The molecule has 0 amide bonds. The molecule has 8 rings (SSSR count). The summed E-state index contributed by atoms with van der Waals surface area (Å²) in [5.41, 5.74) is 9.97. The van der Waals surface area contributed by atoms with E-state index >= 15 is 0 Å². The molecule has 8 aromatic rings. The largest absolute Gasteiger partial charge is 0.507 e. The Balaban J connectivity index is 1.36. The first-order valence-corrected chi connectivity index (χ1v) is 14.9. The number of hydrogen-bond donors (Lipinski definition) is 1.